The normalized spacial score (nSPS) is 27.1. The fraction of sp³-hybridized carbons (Fsp3) is 0.606. The number of nitrogens with zero attached hydrogens (tertiary/aromatic N) is 3. The molecule has 2 unspecified atom stereocenters. The third-order valence-electron chi connectivity index (χ3n) is 8.81. The molecule has 0 aromatic heterocycles. The minimum absolute atomic E-state index is 0.00441. The highest BCUT2D eigenvalue weighted by molar-refractivity contribution is 5.99. The van der Waals surface area contributed by atoms with Crippen LogP contribution in [0.1, 0.15) is 59.4 Å². The Hall–Kier alpha value is -2.97. The molecule has 3 fully saturated rings. The summed E-state index contributed by atoms with van der Waals surface area (Å²) in [7, 11) is 0. The van der Waals surface area contributed by atoms with E-state index >= 15 is 0 Å². The molecule has 8 heteroatoms. The number of hydrogen-bond donors (Lipinski definition) is 1. The van der Waals surface area contributed by atoms with Crippen molar-refractivity contribution in [2.75, 3.05) is 26.2 Å². The zero-order valence-electron chi connectivity index (χ0n) is 25.3. The van der Waals surface area contributed by atoms with E-state index in [1.165, 1.54) is 4.90 Å². The van der Waals surface area contributed by atoms with Crippen LogP contribution in [0.2, 0.25) is 0 Å². The van der Waals surface area contributed by atoms with Crippen molar-refractivity contribution in [3.63, 3.8) is 0 Å². The summed E-state index contributed by atoms with van der Waals surface area (Å²) in [6, 6.07) is 8.81. The van der Waals surface area contributed by atoms with Crippen molar-refractivity contribution < 1.29 is 24.2 Å². The third-order valence-corrected chi connectivity index (χ3v) is 8.81. The second-order valence-electron chi connectivity index (χ2n) is 13.6. The van der Waals surface area contributed by atoms with Gasteiger partial charge < -0.3 is 24.5 Å². The number of hydrogen-bond acceptors (Lipinski definition) is 5. The van der Waals surface area contributed by atoms with Crippen LogP contribution in [0.5, 0.6) is 0 Å². The van der Waals surface area contributed by atoms with Gasteiger partial charge in [-0.15, -0.1) is 13.2 Å². The summed E-state index contributed by atoms with van der Waals surface area (Å²) >= 11 is 0. The number of β-amino-alcohol motifs (C(OH)–C–C–N with tert-alkyl or cyclic N) is 1. The summed E-state index contributed by atoms with van der Waals surface area (Å²) in [4.78, 5) is 47.9. The van der Waals surface area contributed by atoms with Crippen molar-refractivity contribution in [2.45, 2.75) is 83.7 Å². The Balaban J connectivity index is 1.71. The standard InChI is InChI=1S/C33H47N3O5/c1-8-17-34(21-23-13-11-10-12-14-23)28(38)25-24-15-16-33(41-24)26(25)29(39)35(19-20-37)27(33)30(40)36(18-9-2)32(6,7)22-31(3,4)5/h8-14,24-27,37H,1-2,15-22H2,3-7H3/t24-,25+,26-,27?,33?/m0/s1. The van der Waals surface area contributed by atoms with Crippen molar-refractivity contribution in [3.05, 3.63) is 61.2 Å². The van der Waals surface area contributed by atoms with E-state index in [9.17, 15) is 19.5 Å². The summed E-state index contributed by atoms with van der Waals surface area (Å²) < 4.78 is 6.63. The molecule has 3 aliphatic heterocycles. The van der Waals surface area contributed by atoms with Crippen LogP contribution in [0.25, 0.3) is 0 Å². The zero-order valence-corrected chi connectivity index (χ0v) is 25.3. The molecule has 3 amide bonds. The molecular formula is C33H47N3O5. The number of aliphatic hydroxyl groups is 1. The van der Waals surface area contributed by atoms with Gasteiger partial charge >= 0.3 is 0 Å². The van der Waals surface area contributed by atoms with Crippen LogP contribution in [-0.4, -0.2) is 87.1 Å². The van der Waals surface area contributed by atoms with Crippen molar-refractivity contribution in [1.29, 1.82) is 0 Å². The van der Waals surface area contributed by atoms with Crippen LogP contribution in [-0.2, 0) is 25.7 Å². The Labute approximate surface area is 245 Å². The number of amides is 3. The molecule has 4 rings (SSSR count). The maximum atomic E-state index is 14.6. The first-order valence-corrected chi connectivity index (χ1v) is 14.8. The van der Waals surface area contributed by atoms with E-state index in [0.29, 0.717) is 32.5 Å². The van der Waals surface area contributed by atoms with Gasteiger partial charge in [0.25, 0.3) is 0 Å². The SMILES string of the molecule is C=CCN(Cc1ccccc1)C(=O)[C@@H]1[C@@H]2CCC3(O2)C(C(=O)N(CC=C)C(C)(C)CC(C)(C)C)N(CCO)C(=O)[C@H]13. The van der Waals surface area contributed by atoms with Crippen LogP contribution in [0, 0.1) is 17.3 Å². The van der Waals surface area contributed by atoms with Crippen molar-refractivity contribution in [1.82, 2.24) is 14.7 Å². The summed E-state index contributed by atoms with van der Waals surface area (Å²) in [6.45, 7) is 19.0. The van der Waals surface area contributed by atoms with Crippen molar-refractivity contribution in [2.24, 2.45) is 17.3 Å². The largest absolute Gasteiger partial charge is 0.395 e. The molecular weight excluding hydrogens is 518 g/mol. The molecule has 2 bridgehead atoms. The second-order valence-corrected chi connectivity index (χ2v) is 13.6. The molecule has 8 nitrogen and oxygen atoms in total. The van der Waals surface area contributed by atoms with Gasteiger partial charge in [0.15, 0.2) is 0 Å². The van der Waals surface area contributed by atoms with Gasteiger partial charge in [-0.2, -0.15) is 0 Å². The number of rotatable bonds is 12. The quantitative estimate of drug-likeness (QED) is 0.390. The average Bonchev–Trinajstić information content (AvgIpc) is 3.53. The summed E-state index contributed by atoms with van der Waals surface area (Å²) in [6.07, 6.45) is 4.80. The van der Waals surface area contributed by atoms with Crippen molar-refractivity contribution >= 4 is 17.7 Å². The monoisotopic (exact) mass is 565 g/mol. The Morgan fingerprint density at radius 2 is 1.76 bits per heavy atom. The molecule has 1 spiro atoms. The topological polar surface area (TPSA) is 90.4 Å². The fourth-order valence-corrected chi connectivity index (χ4v) is 7.77. The van der Waals surface area contributed by atoms with Crippen molar-refractivity contribution in [3.8, 4) is 0 Å². The number of aliphatic hydroxyl groups excluding tert-OH is 1. The molecule has 224 valence electrons. The first-order valence-electron chi connectivity index (χ1n) is 14.8. The lowest BCUT2D eigenvalue weighted by molar-refractivity contribution is -0.153. The summed E-state index contributed by atoms with van der Waals surface area (Å²) in [5, 5.41) is 9.96. The summed E-state index contributed by atoms with van der Waals surface area (Å²) in [5.41, 5.74) is -0.713. The van der Waals surface area contributed by atoms with Crippen LogP contribution >= 0.6 is 0 Å². The lowest BCUT2D eigenvalue weighted by atomic mass is 9.70. The molecule has 41 heavy (non-hydrogen) atoms. The molecule has 0 aliphatic carbocycles. The second kappa shape index (κ2) is 11.7. The smallest absolute Gasteiger partial charge is 0.249 e. The third kappa shape index (κ3) is 5.73. The highest BCUT2D eigenvalue weighted by Gasteiger charge is 2.75. The van der Waals surface area contributed by atoms with Gasteiger partial charge in [-0.05, 0) is 44.1 Å². The first kappa shape index (κ1) is 31.0. The van der Waals surface area contributed by atoms with Gasteiger partial charge in [0.2, 0.25) is 17.7 Å². The number of carbonyl (C=O) groups excluding carboxylic acids is 3. The molecule has 5 atom stereocenters. The van der Waals surface area contributed by atoms with E-state index in [2.05, 4.69) is 33.9 Å². The Kier molecular flexibility index (Phi) is 8.86. The van der Waals surface area contributed by atoms with Crippen LogP contribution in [0.15, 0.2) is 55.6 Å². The number of fused-ring (bicyclic) bond motifs is 1. The van der Waals surface area contributed by atoms with Gasteiger partial charge in [0.1, 0.15) is 11.6 Å². The van der Waals surface area contributed by atoms with E-state index in [0.717, 1.165) is 12.0 Å². The van der Waals surface area contributed by atoms with Crippen LogP contribution in [0.4, 0.5) is 0 Å². The maximum absolute atomic E-state index is 14.6. The van der Waals surface area contributed by atoms with Gasteiger partial charge in [-0.1, -0.05) is 63.3 Å². The van der Waals surface area contributed by atoms with E-state index in [-0.39, 0.29) is 36.3 Å². The number of carbonyl (C=O) groups is 3. The van der Waals surface area contributed by atoms with E-state index < -0.39 is 35.1 Å². The average molecular weight is 566 g/mol. The first-order chi connectivity index (χ1) is 19.3. The fourth-order valence-electron chi connectivity index (χ4n) is 7.77. The highest BCUT2D eigenvalue weighted by Crippen LogP contribution is 2.59. The molecule has 3 heterocycles. The molecule has 1 aromatic carbocycles. The lowest BCUT2D eigenvalue weighted by Gasteiger charge is -2.45. The summed E-state index contributed by atoms with van der Waals surface area (Å²) in [5.74, 6) is -2.15. The van der Waals surface area contributed by atoms with E-state index in [1.807, 2.05) is 44.2 Å². The molecule has 1 N–H and O–H groups in total. The number of benzene rings is 1. The Morgan fingerprint density at radius 1 is 1.10 bits per heavy atom. The highest BCUT2D eigenvalue weighted by atomic mass is 16.5. The van der Waals surface area contributed by atoms with Gasteiger partial charge in [-0.3, -0.25) is 14.4 Å². The maximum Gasteiger partial charge on any atom is 0.249 e. The van der Waals surface area contributed by atoms with Crippen LogP contribution < -0.4 is 0 Å². The minimum Gasteiger partial charge on any atom is -0.395 e. The Bertz CT molecular complexity index is 1160. The predicted octanol–water partition coefficient (Wildman–Crippen LogP) is 3.80. The van der Waals surface area contributed by atoms with Crippen LogP contribution in [0.3, 0.4) is 0 Å². The Morgan fingerprint density at radius 3 is 2.34 bits per heavy atom. The van der Waals surface area contributed by atoms with E-state index in [4.69, 9.17) is 4.74 Å². The molecule has 1 aromatic rings. The number of ether oxygens (including phenoxy) is 1. The predicted molar refractivity (Wildman–Crippen MR) is 159 cm³/mol. The van der Waals surface area contributed by atoms with E-state index in [1.54, 1.807) is 22.0 Å². The van der Waals surface area contributed by atoms with Gasteiger partial charge in [-0.25, -0.2) is 0 Å². The lowest BCUT2D eigenvalue weighted by Crippen LogP contribution is -2.61. The molecule has 0 saturated carbocycles. The van der Waals surface area contributed by atoms with Gasteiger partial charge in [0, 0.05) is 31.7 Å². The minimum atomic E-state index is -1.11. The molecule has 3 saturated heterocycles. The zero-order chi connectivity index (χ0) is 30.2. The molecule has 0 radical (unpaired) electrons. The number of likely N-dealkylation sites (tertiary alicyclic amines) is 1. The van der Waals surface area contributed by atoms with Gasteiger partial charge in [0.05, 0.1) is 24.5 Å². The molecule has 3 aliphatic rings.